The van der Waals surface area contributed by atoms with Gasteiger partial charge >= 0.3 is 0 Å². The molecule has 3 heteroatoms. The number of benzene rings is 1. The molecule has 1 N–H and O–H groups in total. The summed E-state index contributed by atoms with van der Waals surface area (Å²) in [5.41, 5.74) is 4.70. The molecule has 3 nitrogen and oxygen atoms in total. The molecule has 0 spiro atoms. The van der Waals surface area contributed by atoms with E-state index in [4.69, 9.17) is 9.15 Å². The molecule has 19 heavy (non-hydrogen) atoms. The van der Waals surface area contributed by atoms with Crippen molar-refractivity contribution in [2.24, 2.45) is 0 Å². The molecular weight excluding hydrogens is 238 g/mol. The Morgan fingerprint density at radius 2 is 1.79 bits per heavy atom. The molecule has 0 saturated carbocycles. The zero-order chi connectivity index (χ0) is 14.0. The molecule has 2 aromatic rings. The first-order chi connectivity index (χ1) is 9.08. The monoisotopic (exact) mass is 259 g/mol. The second kappa shape index (κ2) is 5.49. The van der Waals surface area contributed by atoms with Crippen molar-refractivity contribution in [3.63, 3.8) is 0 Å². The van der Waals surface area contributed by atoms with Crippen LogP contribution in [0.3, 0.4) is 0 Å². The Kier molecular flexibility index (Phi) is 3.96. The van der Waals surface area contributed by atoms with Crippen LogP contribution < -0.4 is 10.1 Å². The number of hydrogen-bond donors (Lipinski definition) is 1. The Bertz CT molecular complexity index is 549. The Morgan fingerprint density at radius 1 is 1.16 bits per heavy atom. The van der Waals surface area contributed by atoms with Gasteiger partial charge < -0.3 is 14.5 Å². The summed E-state index contributed by atoms with van der Waals surface area (Å²) in [6, 6.07) is 6.49. The lowest BCUT2D eigenvalue weighted by atomic mass is 9.95. The van der Waals surface area contributed by atoms with Crippen molar-refractivity contribution in [3.05, 3.63) is 52.5 Å². The third kappa shape index (κ3) is 2.51. The highest BCUT2D eigenvalue weighted by atomic mass is 16.5. The molecule has 0 radical (unpaired) electrons. The average Bonchev–Trinajstić information content (AvgIpc) is 2.77. The second-order valence-electron chi connectivity index (χ2n) is 4.84. The van der Waals surface area contributed by atoms with Crippen LogP contribution in [0.4, 0.5) is 0 Å². The van der Waals surface area contributed by atoms with E-state index in [-0.39, 0.29) is 6.04 Å². The topological polar surface area (TPSA) is 34.4 Å². The minimum Gasteiger partial charge on any atom is -0.496 e. The third-order valence-electron chi connectivity index (χ3n) is 3.52. The van der Waals surface area contributed by atoms with E-state index < -0.39 is 0 Å². The number of methoxy groups -OCH3 is 1. The summed E-state index contributed by atoms with van der Waals surface area (Å²) in [5.74, 6) is 1.91. The molecule has 0 amide bonds. The minimum absolute atomic E-state index is 0.141. The fraction of sp³-hybridized carbons (Fsp3) is 0.375. The van der Waals surface area contributed by atoms with Crippen LogP contribution in [0.15, 0.2) is 28.9 Å². The van der Waals surface area contributed by atoms with Crippen LogP contribution in [-0.4, -0.2) is 14.2 Å². The molecule has 0 aliphatic heterocycles. The molecule has 0 saturated heterocycles. The molecule has 102 valence electrons. The number of nitrogens with one attached hydrogen (secondary N) is 1. The predicted molar refractivity (Wildman–Crippen MR) is 76.8 cm³/mol. The first kappa shape index (κ1) is 13.7. The molecule has 1 aromatic carbocycles. The predicted octanol–water partition coefficient (Wildman–Crippen LogP) is 3.52. The lowest BCUT2D eigenvalue weighted by Crippen LogP contribution is -2.18. The van der Waals surface area contributed by atoms with Gasteiger partial charge in [0.25, 0.3) is 0 Å². The van der Waals surface area contributed by atoms with Crippen LogP contribution in [0, 0.1) is 20.8 Å². The van der Waals surface area contributed by atoms with E-state index in [1.54, 1.807) is 13.4 Å². The maximum absolute atomic E-state index is 5.42. The molecule has 1 atom stereocenters. The van der Waals surface area contributed by atoms with Crippen LogP contribution in [0.25, 0.3) is 0 Å². The average molecular weight is 259 g/mol. The Morgan fingerprint density at radius 3 is 2.21 bits per heavy atom. The minimum atomic E-state index is 0.141. The molecular formula is C16H21NO2. The molecule has 1 unspecified atom stereocenters. The number of hydrogen-bond acceptors (Lipinski definition) is 3. The van der Waals surface area contributed by atoms with E-state index in [0.717, 1.165) is 22.6 Å². The van der Waals surface area contributed by atoms with Gasteiger partial charge in [0.15, 0.2) is 0 Å². The van der Waals surface area contributed by atoms with Gasteiger partial charge in [-0.3, -0.25) is 0 Å². The lowest BCUT2D eigenvalue weighted by molar-refractivity contribution is 0.408. The summed E-state index contributed by atoms with van der Waals surface area (Å²) in [6.07, 6.45) is 1.73. The molecule has 0 fully saturated rings. The third-order valence-corrected chi connectivity index (χ3v) is 3.52. The normalized spacial score (nSPS) is 12.5. The van der Waals surface area contributed by atoms with Crippen molar-refractivity contribution >= 4 is 0 Å². The fourth-order valence-electron chi connectivity index (χ4n) is 2.67. The number of ether oxygens (including phenoxy) is 1. The molecule has 0 aliphatic carbocycles. The summed E-state index contributed by atoms with van der Waals surface area (Å²) < 4.78 is 10.8. The van der Waals surface area contributed by atoms with Crippen molar-refractivity contribution in [2.45, 2.75) is 26.8 Å². The summed E-state index contributed by atoms with van der Waals surface area (Å²) in [5, 5.41) is 3.35. The maximum Gasteiger partial charge on any atom is 0.124 e. The maximum atomic E-state index is 5.42. The lowest BCUT2D eigenvalue weighted by Gasteiger charge is -2.19. The largest absolute Gasteiger partial charge is 0.496 e. The highest BCUT2D eigenvalue weighted by molar-refractivity contribution is 5.46. The van der Waals surface area contributed by atoms with E-state index in [9.17, 15) is 0 Å². The van der Waals surface area contributed by atoms with Gasteiger partial charge in [-0.15, -0.1) is 0 Å². The van der Waals surface area contributed by atoms with Crippen LogP contribution in [0.1, 0.15) is 34.1 Å². The van der Waals surface area contributed by atoms with Gasteiger partial charge in [0.05, 0.1) is 19.4 Å². The number of furan rings is 1. The second-order valence-corrected chi connectivity index (χ2v) is 4.84. The highest BCUT2D eigenvalue weighted by Crippen LogP contribution is 2.31. The Hall–Kier alpha value is -1.74. The molecule has 1 aromatic heterocycles. The van der Waals surface area contributed by atoms with Gasteiger partial charge in [0, 0.05) is 5.56 Å². The van der Waals surface area contributed by atoms with Gasteiger partial charge in [-0.25, -0.2) is 0 Å². The zero-order valence-corrected chi connectivity index (χ0v) is 12.2. The van der Waals surface area contributed by atoms with E-state index in [1.165, 1.54) is 11.1 Å². The van der Waals surface area contributed by atoms with Gasteiger partial charge in [-0.05, 0) is 50.6 Å². The molecule has 2 rings (SSSR count). The first-order valence-corrected chi connectivity index (χ1v) is 6.44. The van der Waals surface area contributed by atoms with E-state index in [2.05, 4.69) is 31.3 Å². The van der Waals surface area contributed by atoms with Crippen LogP contribution in [-0.2, 0) is 0 Å². The molecule has 0 bridgehead atoms. The fourth-order valence-corrected chi connectivity index (χ4v) is 2.67. The van der Waals surface area contributed by atoms with Gasteiger partial charge in [0.2, 0.25) is 0 Å². The number of rotatable bonds is 4. The highest BCUT2D eigenvalue weighted by Gasteiger charge is 2.18. The van der Waals surface area contributed by atoms with Crippen molar-refractivity contribution in [1.82, 2.24) is 5.32 Å². The zero-order valence-electron chi connectivity index (χ0n) is 12.2. The van der Waals surface area contributed by atoms with Crippen LogP contribution in [0.5, 0.6) is 5.75 Å². The van der Waals surface area contributed by atoms with Crippen molar-refractivity contribution in [2.75, 3.05) is 14.2 Å². The quantitative estimate of drug-likeness (QED) is 0.912. The summed E-state index contributed by atoms with van der Waals surface area (Å²) in [7, 11) is 3.68. The van der Waals surface area contributed by atoms with Gasteiger partial charge in [0.1, 0.15) is 11.5 Å². The van der Waals surface area contributed by atoms with Crippen LogP contribution >= 0.6 is 0 Å². The smallest absolute Gasteiger partial charge is 0.124 e. The first-order valence-electron chi connectivity index (χ1n) is 6.44. The van der Waals surface area contributed by atoms with E-state index >= 15 is 0 Å². The van der Waals surface area contributed by atoms with Crippen molar-refractivity contribution in [1.29, 1.82) is 0 Å². The molecule has 0 aliphatic rings. The Balaban J connectivity index is 2.48. The van der Waals surface area contributed by atoms with Crippen molar-refractivity contribution < 1.29 is 9.15 Å². The standard InChI is InChI=1S/C16H21NO2/c1-10-8-13(9-11(2)16(10)18-5)15(17-4)14-6-7-19-12(14)3/h6-9,15,17H,1-5H3. The van der Waals surface area contributed by atoms with E-state index in [0.29, 0.717) is 0 Å². The Labute approximate surface area is 114 Å². The summed E-state index contributed by atoms with van der Waals surface area (Å²) in [6.45, 7) is 6.14. The van der Waals surface area contributed by atoms with Crippen molar-refractivity contribution in [3.8, 4) is 5.75 Å². The van der Waals surface area contributed by atoms with Crippen LogP contribution in [0.2, 0.25) is 0 Å². The van der Waals surface area contributed by atoms with Gasteiger partial charge in [-0.1, -0.05) is 12.1 Å². The number of aryl methyl sites for hydroxylation is 3. The van der Waals surface area contributed by atoms with E-state index in [1.807, 2.05) is 20.0 Å². The summed E-state index contributed by atoms with van der Waals surface area (Å²) >= 11 is 0. The summed E-state index contributed by atoms with van der Waals surface area (Å²) in [4.78, 5) is 0. The SMILES string of the molecule is CNC(c1cc(C)c(OC)c(C)c1)c1ccoc1C. The molecule has 1 heterocycles. The van der Waals surface area contributed by atoms with Gasteiger partial charge in [-0.2, -0.15) is 0 Å².